The molecule has 6 heteroatoms. The van der Waals surface area contributed by atoms with Crippen LogP contribution < -0.4 is 5.32 Å². The summed E-state index contributed by atoms with van der Waals surface area (Å²) in [6, 6.07) is 0.593. The Morgan fingerprint density at radius 2 is 2.17 bits per heavy atom. The average molecular weight is 276 g/mol. The van der Waals surface area contributed by atoms with E-state index in [4.69, 9.17) is 4.74 Å². The van der Waals surface area contributed by atoms with E-state index >= 15 is 0 Å². The molecule has 2 saturated heterocycles. The van der Waals surface area contributed by atoms with Gasteiger partial charge in [-0.1, -0.05) is 6.92 Å². The summed E-state index contributed by atoms with van der Waals surface area (Å²) in [5.41, 5.74) is 0. The van der Waals surface area contributed by atoms with E-state index in [9.17, 15) is 8.42 Å². The number of ether oxygens (including phenoxy) is 1. The zero-order chi connectivity index (χ0) is 13.2. The van der Waals surface area contributed by atoms with Crippen LogP contribution in [-0.2, 0) is 14.8 Å². The Kier molecular flexibility index (Phi) is 4.64. The Balaban J connectivity index is 1.85. The normalized spacial score (nSPS) is 34.9. The Morgan fingerprint density at radius 3 is 2.83 bits per heavy atom. The van der Waals surface area contributed by atoms with Crippen molar-refractivity contribution in [2.24, 2.45) is 5.92 Å². The van der Waals surface area contributed by atoms with Crippen LogP contribution in [0.3, 0.4) is 0 Å². The fourth-order valence-corrected chi connectivity index (χ4v) is 4.10. The van der Waals surface area contributed by atoms with Crippen LogP contribution in [0.4, 0.5) is 0 Å². The van der Waals surface area contributed by atoms with Crippen LogP contribution in [0.1, 0.15) is 26.2 Å². The predicted octanol–water partition coefficient (Wildman–Crippen LogP) is 0.425. The second-order valence-corrected chi connectivity index (χ2v) is 7.46. The zero-order valence-corrected chi connectivity index (χ0v) is 12.1. The predicted molar refractivity (Wildman–Crippen MR) is 71.0 cm³/mol. The maximum absolute atomic E-state index is 11.6. The first-order chi connectivity index (χ1) is 8.48. The second-order valence-electron chi connectivity index (χ2n) is 5.53. The van der Waals surface area contributed by atoms with E-state index in [1.165, 1.54) is 6.26 Å². The van der Waals surface area contributed by atoms with Crippen LogP contribution in [0.25, 0.3) is 0 Å². The molecule has 2 aliphatic heterocycles. The van der Waals surface area contributed by atoms with Gasteiger partial charge in [-0.2, -0.15) is 4.31 Å². The molecule has 2 fully saturated rings. The van der Waals surface area contributed by atoms with Crippen LogP contribution >= 0.6 is 0 Å². The SMILES string of the molecule is C[C@@H]1COCC[C@@H]1NC[C@H]1CCCN1S(C)(=O)=O. The number of nitrogens with one attached hydrogen (secondary N) is 1. The van der Waals surface area contributed by atoms with Gasteiger partial charge >= 0.3 is 0 Å². The van der Waals surface area contributed by atoms with Gasteiger partial charge in [0.05, 0.1) is 12.9 Å². The molecule has 0 spiro atoms. The molecule has 2 heterocycles. The lowest BCUT2D eigenvalue weighted by molar-refractivity contribution is 0.0381. The Morgan fingerprint density at radius 1 is 1.39 bits per heavy atom. The molecule has 5 nitrogen and oxygen atoms in total. The fourth-order valence-electron chi connectivity index (χ4n) is 2.92. The first kappa shape index (κ1) is 14.2. The topological polar surface area (TPSA) is 58.6 Å². The van der Waals surface area contributed by atoms with E-state index in [0.29, 0.717) is 18.5 Å². The largest absolute Gasteiger partial charge is 0.381 e. The van der Waals surface area contributed by atoms with Gasteiger partial charge in [-0.25, -0.2) is 8.42 Å². The van der Waals surface area contributed by atoms with E-state index in [1.807, 2.05) is 0 Å². The fraction of sp³-hybridized carbons (Fsp3) is 1.00. The molecule has 0 saturated carbocycles. The van der Waals surface area contributed by atoms with Gasteiger partial charge in [-0.15, -0.1) is 0 Å². The molecule has 18 heavy (non-hydrogen) atoms. The second kappa shape index (κ2) is 5.86. The molecule has 0 aromatic carbocycles. The number of hydrogen-bond donors (Lipinski definition) is 1. The smallest absolute Gasteiger partial charge is 0.211 e. The van der Waals surface area contributed by atoms with Crippen molar-refractivity contribution in [3.8, 4) is 0 Å². The summed E-state index contributed by atoms with van der Waals surface area (Å²) < 4.78 is 30.3. The quantitative estimate of drug-likeness (QED) is 0.809. The van der Waals surface area contributed by atoms with Gasteiger partial charge in [-0.3, -0.25) is 0 Å². The van der Waals surface area contributed by atoms with Gasteiger partial charge < -0.3 is 10.1 Å². The van der Waals surface area contributed by atoms with Gasteiger partial charge in [-0.05, 0) is 25.2 Å². The molecule has 0 radical (unpaired) electrons. The third-order valence-electron chi connectivity index (χ3n) is 4.01. The van der Waals surface area contributed by atoms with Crippen molar-refractivity contribution in [3.63, 3.8) is 0 Å². The minimum Gasteiger partial charge on any atom is -0.381 e. The minimum absolute atomic E-state index is 0.134. The molecule has 0 bridgehead atoms. The van der Waals surface area contributed by atoms with Crippen LogP contribution in [0.15, 0.2) is 0 Å². The average Bonchev–Trinajstić information content (AvgIpc) is 2.76. The number of rotatable bonds is 4. The summed E-state index contributed by atoms with van der Waals surface area (Å²) in [5.74, 6) is 0.506. The first-order valence-corrected chi connectivity index (χ1v) is 8.61. The van der Waals surface area contributed by atoms with Gasteiger partial charge in [0.15, 0.2) is 0 Å². The summed E-state index contributed by atoms with van der Waals surface area (Å²) in [4.78, 5) is 0. The van der Waals surface area contributed by atoms with E-state index < -0.39 is 10.0 Å². The summed E-state index contributed by atoms with van der Waals surface area (Å²) in [6.45, 7) is 5.23. The Labute approximate surface area is 110 Å². The van der Waals surface area contributed by atoms with Gasteiger partial charge in [0.25, 0.3) is 0 Å². The van der Waals surface area contributed by atoms with Crippen molar-refractivity contribution in [2.75, 3.05) is 32.6 Å². The highest BCUT2D eigenvalue weighted by Crippen LogP contribution is 2.21. The molecule has 0 amide bonds. The highest BCUT2D eigenvalue weighted by atomic mass is 32.2. The van der Waals surface area contributed by atoms with E-state index in [-0.39, 0.29) is 6.04 Å². The molecule has 2 rings (SSSR count). The van der Waals surface area contributed by atoms with E-state index in [1.54, 1.807) is 4.31 Å². The molecule has 0 aromatic heterocycles. The van der Waals surface area contributed by atoms with Crippen molar-refractivity contribution in [1.29, 1.82) is 0 Å². The molecule has 3 atom stereocenters. The molecule has 1 N–H and O–H groups in total. The van der Waals surface area contributed by atoms with Gasteiger partial charge in [0.2, 0.25) is 10.0 Å². The summed E-state index contributed by atoms with van der Waals surface area (Å²) >= 11 is 0. The van der Waals surface area contributed by atoms with Crippen molar-refractivity contribution >= 4 is 10.0 Å². The maximum Gasteiger partial charge on any atom is 0.211 e. The molecule has 2 aliphatic rings. The maximum atomic E-state index is 11.6. The van der Waals surface area contributed by atoms with Crippen molar-refractivity contribution in [2.45, 2.75) is 38.3 Å². The molecule has 0 aliphatic carbocycles. The summed E-state index contributed by atoms with van der Waals surface area (Å²) in [7, 11) is -3.05. The lowest BCUT2D eigenvalue weighted by Gasteiger charge is -2.32. The molecule has 0 aromatic rings. The van der Waals surface area contributed by atoms with Crippen LogP contribution in [0, 0.1) is 5.92 Å². The van der Waals surface area contributed by atoms with Crippen molar-refractivity contribution in [1.82, 2.24) is 9.62 Å². The third-order valence-corrected chi connectivity index (χ3v) is 5.34. The number of hydrogen-bond acceptors (Lipinski definition) is 4. The third kappa shape index (κ3) is 3.44. The van der Waals surface area contributed by atoms with Crippen LogP contribution in [0.5, 0.6) is 0 Å². The van der Waals surface area contributed by atoms with Crippen molar-refractivity contribution < 1.29 is 13.2 Å². The summed E-state index contributed by atoms with van der Waals surface area (Å²) in [5, 5.41) is 3.53. The highest BCUT2D eigenvalue weighted by molar-refractivity contribution is 7.88. The van der Waals surface area contributed by atoms with Crippen LogP contribution in [0.2, 0.25) is 0 Å². The molecule has 0 unspecified atom stereocenters. The lowest BCUT2D eigenvalue weighted by atomic mass is 9.97. The number of nitrogens with zero attached hydrogens (tertiary/aromatic N) is 1. The molecular weight excluding hydrogens is 252 g/mol. The highest BCUT2D eigenvalue weighted by Gasteiger charge is 2.32. The monoisotopic (exact) mass is 276 g/mol. The molecular formula is C12H24N2O3S. The number of sulfonamides is 1. The zero-order valence-electron chi connectivity index (χ0n) is 11.3. The lowest BCUT2D eigenvalue weighted by Crippen LogP contribution is -2.48. The standard InChI is InChI=1S/C12H24N2O3S/c1-10-9-17-7-5-12(10)13-8-11-4-3-6-14(11)18(2,15)16/h10-13H,3-9H2,1-2H3/t10-,11-,12+/m1/s1. The summed E-state index contributed by atoms with van der Waals surface area (Å²) in [6.07, 6.45) is 4.27. The minimum atomic E-state index is -3.05. The Hall–Kier alpha value is -0.170. The Bertz CT molecular complexity index is 372. The van der Waals surface area contributed by atoms with Gasteiger partial charge in [0, 0.05) is 31.8 Å². The molecule has 106 valence electrons. The van der Waals surface area contributed by atoms with Gasteiger partial charge in [0.1, 0.15) is 0 Å². The van der Waals surface area contributed by atoms with Crippen molar-refractivity contribution in [3.05, 3.63) is 0 Å². The first-order valence-electron chi connectivity index (χ1n) is 6.76. The van der Waals surface area contributed by atoms with E-state index in [2.05, 4.69) is 12.2 Å². The van der Waals surface area contributed by atoms with Crippen LogP contribution in [-0.4, -0.2) is 57.4 Å². The van der Waals surface area contributed by atoms with E-state index in [0.717, 1.165) is 39.0 Å².